The number of likely N-dealkylation sites (N-methyl/N-ethyl adjacent to an activating group) is 1. The summed E-state index contributed by atoms with van der Waals surface area (Å²) >= 11 is 0. The quantitative estimate of drug-likeness (QED) is 0.841. The van der Waals surface area contributed by atoms with Gasteiger partial charge < -0.3 is 9.80 Å². The highest BCUT2D eigenvalue weighted by molar-refractivity contribution is 5.76. The monoisotopic (exact) mass is 327 g/mol. The normalized spacial score (nSPS) is 17.8. The predicted octanol–water partition coefficient (Wildman–Crippen LogP) is 1.88. The second-order valence-electron chi connectivity index (χ2n) is 6.38. The fourth-order valence-electron chi connectivity index (χ4n) is 3.28. The zero-order valence-electron chi connectivity index (χ0n) is 14.4. The number of carbonyl (C=O) groups is 1. The second-order valence-corrected chi connectivity index (χ2v) is 6.38. The topological polar surface area (TPSA) is 54.3 Å². The van der Waals surface area contributed by atoms with Crippen LogP contribution in [0.1, 0.15) is 25.0 Å². The summed E-state index contributed by atoms with van der Waals surface area (Å²) in [5.74, 6) is 1.20. The third-order valence-corrected chi connectivity index (χ3v) is 4.83. The van der Waals surface area contributed by atoms with Crippen LogP contribution >= 0.6 is 0 Å². The second kappa shape index (κ2) is 7.47. The molecule has 6 heteroatoms. The molecule has 2 aromatic heterocycles. The Bertz CT molecular complexity index is 669. The first kappa shape index (κ1) is 16.5. The molecule has 24 heavy (non-hydrogen) atoms. The molecule has 1 aliphatic rings. The zero-order chi connectivity index (χ0) is 16.9. The van der Waals surface area contributed by atoms with Gasteiger partial charge in [0, 0.05) is 57.7 Å². The van der Waals surface area contributed by atoms with Gasteiger partial charge in [0.05, 0.1) is 0 Å². The minimum atomic E-state index is 0.198. The van der Waals surface area contributed by atoms with Crippen molar-refractivity contribution in [2.45, 2.75) is 31.7 Å². The van der Waals surface area contributed by atoms with E-state index in [1.54, 1.807) is 6.20 Å². The maximum Gasteiger partial charge on any atom is 0.223 e. The summed E-state index contributed by atoms with van der Waals surface area (Å²) in [5.41, 5.74) is 1.09. The molecule has 0 radical (unpaired) electrons. The maximum atomic E-state index is 12.6. The number of carbonyl (C=O) groups excluding carboxylic acids is 1. The minimum absolute atomic E-state index is 0.198. The summed E-state index contributed by atoms with van der Waals surface area (Å²) in [6, 6.07) is 8.19. The maximum absolute atomic E-state index is 12.6. The van der Waals surface area contributed by atoms with E-state index in [2.05, 4.69) is 15.0 Å². The van der Waals surface area contributed by atoms with Crippen LogP contribution in [-0.4, -0.2) is 51.8 Å². The van der Waals surface area contributed by atoms with Crippen LogP contribution in [0, 0.1) is 0 Å². The molecule has 1 fully saturated rings. The minimum Gasteiger partial charge on any atom is -0.355 e. The number of pyridine rings is 1. The Kier molecular flexibility index (Phi) is 5.13. The molecular weight excluding hydrogens is 302 g/mol. The zero-order valence-corrected chi connectivity index (χ0v) is 14.4. The molecule has 3 heterocycles. The van der Waals surface area contributed by atoms with Gasteiger partial charge in [-0.15, -0.1) is 0 Å². The van der Waals surface area contributed by atoms with Gasteiger partial charge in [0.25, 0.3) is 0 Å². The molecule has 1 unspecified atom stereocenters. The lowest BCUT2D eigenvalue weighted by atomic mass is 10.0. The van der Waals surface area contributed by atoms with Crippen molar-refractivity contribution in [2.24, 2.45) is 7.05 Å². The SMILES string of the molecule is CN(C(=O)CCc1ccnn1C)C1CCCN(c2ccccn2)C1. The van der Waals surface area contributed by atoms with Gasteiger partial charge in [-0.05, 0) is 37.5 Å². The standard InChI is InChI=1S/C18H25N5O/c1-21(18(24)9-8-15-10-12-20-22(15)2)16-6-5-13-23(14-16)17-7-3-4-11-19-17/h3-4,7,10-12,16H,5-6,8-9,13-14H2,1-2H3. The van der Waals surface area contributed by atoms with Crippen LogP contribution in [-0.2, 0) is 18.3 Å². The lowest BCUT2D eigenvalue weighted by Crippen LogP contribution is -2.49. The highest BCUT2D eigenvalue weighted by atomic mass is 16.2. The number of nitrogens with zero attached hydrogens (tertiary/aromatic N) is 5. The van der Waals surface area contributed by atoms with E-state index in [0.717, 1.165) is 43.9 Å². The molecule has 1 aliphatic heterocycles. The van der Waals surface area contributed by atoms with Crippen LogP contribution in [0.15, 0.2) is 36.7 Å². The first-order chi connectivity index (χ1) is 11.6. The van der Waals surface area contributed by atoms with E-state index in [-0.39, 0.29) is 11.9 Å². The molecular formula is C18H25N5O. The molecule has 6 nitrogen and oxygen atoms in total. The van der Waals surface area contributed by atoms with Gasteiger partial charge in [0.2, 0.25) is 5.91 Å². The van der Waals surface area contributed by atoms with Gasteiger partial charge in [-0.1, -0.05) is 6.07 Å². The number of hydrogen-bond acceptors (Lipinski definition) is 4. The molecule has 1 saturated heterocycles. The molecule has 3 rings (SSSR count). The molecule has 0 aromatic carbocycles. The number of aromatic nitrogens is 3. The van der Waals surface area contributed by atoms with Gasteiger partial charge >= 0.3 is 0 Å². The molecule has 0 N–H and O–H groups in total. The Morgan fingerprint density at radius 3 is 2.92 bits per heavy atom. The Balaban J connectivity index is 1.56. The van der Waals surface area contributed by atoms with Gasteiger partial charge in [-0.2, -0.15) is 5.10 Å². The summed E-state index contributed by atoms with van der Waals surface area (Å²) in [4.78, 5) is 21.2. The third-order valence-electron chi connectivity index (χ3n) is 4.83. The van der Waals surface area contributed by atoms with Crippen molar-refractivity contribution in [1.29, 1.82) is 0 Å². The van der Waals surface area contributed by atoms with Crippen LogP contribution in [0.3, 0.4) is 0 Å². The molecule has 0 bridgehead atoms. The average molecular weight is 327 g/mol. The predicted molar refractivity (Wildman–Crippen MR) is 93.8 cm³/mol. The Morgan fingerprint density at radius 2 is 2.21 bits per heavy atom. The van der Waals surface area contributed by atoms with E-state index in [1.807, 2.05) is 54.1 Å². The number of aryl methyl sites for hydroxylation is 2. The number of amides is 1. The van der Waals surface area contributed by atoms with Crippen molar-refractivity contribution in [3.8, 4) is 0 Å². The largest absolute Gasteiger partial charge is 0.355 e. The lowest BCUT2D eigenvalue weighted by molar-refractivity contribution is -0.132. The number of rotatable bonds is 5. The van der Waals surface area contributed by atoms with Crippen molar-refractivity contribution in [1.82, 2.24) is 19.7 Å². The van der Waals surface area contributed by atoms with E-state index in [9.17, 15) is 4.79 Å². The van der Waals surface area contributed by atoms with Crippen molar-refractivity contribution in [3.63, 3.8) is 0 Å². The summed E-state index contributed by atoms with van der Waals surface area (Å²) in [6.07, 6.45) is 6.99. The molecule has 0 spiro atoms. The van der Waals surface area contributed by atoms with Crippen LogP contribution in [0.25, 0.3) is 0 Å². The Hall–Kier alpha value is -2.37. The molecule has 1 atom stereocenters. The van der Waals surface area contributed by atoms with Crippen LogP contribution in [0.4, 0.5) is 5.82 Å². The number of anilines is 1. The number of piperidine rings is 1. The van der Waals surface area contributed by atoms with Crippen LogP contribution in [0.5, 0.6) is 0 Å². The van der Waals surface area contributed by atoms with Crippen molar-refractivity contribution in [2.75, 3.05) is 25.0 Å². The van der Waals surface area contributed by atoms with Crippen LogP contribution < -0.4 is 4.90 Å². The van der Waals surface area contributed by atoms with Crippen molar-refractivity contribution >= 4 is 11.7 Å². The van der Waals surface area contributed by atoms with E-state index < -0.39 is 0 Å². The molecule has 0 saturated carbocycles. The molecule has 1 amide bonds. The van der Waals surface area contributed by atoms with Crippen molar-refractivity contribution in [3.05, 3.63) is 42.4 Å². The first-order valence-electron chi connectivity index (χ1n) is 8.53. The lowest BCUT2D eigenvalue weighted by Gasteiger charge is -2.38. The van der Waals surface area contributed by atoms with E-state index in [0.29, 0.717) is 6.42 Å². The van der Waals surface area contributed by atoms with Crippen LogP contribution in [0.2, 0.25) is 0 Å². The van der Waals surface area contributed by atoms with Gasteiger partial charge in [0.1, 0.15) is 5.82 Å². The smallest absolute Gasteiger partial charge is 0.223 e. The van der Waals surface area contributed by atoms with Crippen molar-refractivity contribution < 1.29 is 4.79 Å². The highest BCUT2D eigenvalue weighted by Crippen LogP contribution is 2.20. The number of hydrogen-bond donors (Lipinski definition) is 0. The van der Waals surface area contributed by atoms with E-state index in [1.165, 1.54) is 0 Å². The first-order valence-corrected chi connectivity index (χ1v) is 8.53. The summed E-state index contributed by atoms with van der Waals surface area (Å²) in [7, 11) is 3.84. The van der Waals surface area contributed by atoms with Gasteiger partial charge in [-0.3, -0.25) is 9.48 Å². The third kappa shape index (κ3) is 3.75. The fraction of sp³-hybridized carbons (Fsp3) is 0.500. The Morgan fingerprint density at radius 1 is 1.33 bits per heavy atom. The van der Waals surface area contributed by atoms with Gasteiger partial charge in [-0.25, -0.2) is 4.98 Å². The van der Waals surface area contributed by atoms with Gasteiger partial charge in [0.15, 0.2) is 0 Å². The molecule has 2 aromatic rings. The summed E-state index contributed by atoms with van der Waals surface area (Å²) in [5, 5.41) is 4.15. The highest BCUT2D eigenvalue weighted by Gasteiger charge is 2.26. The Labute approximate surface area is 143 Å². The fourth-order valence-corrected chi connectivity index (χ4v) is 3.28. The molecule has 128 valence electrons. The van der Waals surface area contributed by atoms with E-state index in [4.69, 9.17) is 0 Å². The summed E-state index contributed by atoms with van der Waals surface area (Å²) < 4.78 is 1.83. The average Bonchev–Trinajstić information content (AvgIpc) is 3.05. The molecule has 0 aliphatic carbocycles. The van der Waals surface area contributed by atoms with E-state index >= 15 is 0 Å². The summed E-state index contributed by atoms with van der Waals surface area (Å²) in [6.45, 7) is 1.86.